The van der Waals surface area contributed by atoms with Crippen molar-refractivity contribution in [2.24, 2.45) is 0 Å². The molecule has 9 heavy (non-hydrogen) atoms. The average Bonchev–Trinajstić information content (AvgIpc) is 1.65. The molecule has 0 N–H and O–H groups in total. The van der Waals surface area contributed by atoms with Gasteiger partial charge in [-0.25, -0.2) is 0 Å². The van der Waals surface area contributed by atoms with Crippen LogP contribution >= 0.6 is 12.6 Å². The Morgan fingerprint density at radius 3 is 2.11 bits per heavy atom. The Balaban J connectivity index is -0.000000245. The van der Waals surface area contributed by atoms with Crippen LogP contribution in [0.3, 0.4) is 0 Å². The monoisotopic (exact) mass is 156 g/mol. The molecule has 0 aliphatic heterocycles. The second-order valence-electron chi connectivity index (χ2n) is 1.58. The normalized spacial score (nSPS) is 7.78. The van der Waals surface area contributed by atoms with Crippen molar-refractivity contribution in [2.75, 3.05) is 5.75 Å². The van der Waals surface area contributed by atoms with Gasteiger partial charge < -0.3 is 1.43 Å². The molecule has 0 atom stereocenters. The van der Waals surface area contributed by atoms with Crippen molar-refractivity contribution in [1.82, 2.24) is 0 Å². The fourth-order valence-electron chi connectivity index (χ4n) is 0.334. The molecule has 2 nitrogen and oxygen atoms in total. The van der Waals surface area contributed by atoms with Gasteiger partial charge in [0.15, 0.2) is 0 Å². The summed E-state index contributed by atoms with van der Waals surface area (Å²) in [4.78, 5) is 20.5. The van der Waals surface area contributed by atoms with Crippen LogP contribution in [0.2, 0.25) is 0 Å². The van der Waals surface area contributed by atoms with Crippen molar-refractivity contribution in [3.8, 4) is 0 Å². The van der Waals surface area contributed by atoms with Gasteiger partial charge in [-0.3, -0.25) is 9.59 Å². The van der Waals surface area contributed by atoms with Crippen molar-refractivity contribution in [3.05, 3.63) is 0 Å². The molecule has 0 amide bonds. The van der Waals surface area contributed by atoms with E-state index < -0.39 is 0 Å². The van der Waals surface area contributed by atoms with Crippen molar-refractivity contribution >= 4 is 24.2 Å². The van der Waals surface area contributed by atoms with Crippen LogP contribution in [0.15, 0.2) is 0 Å². The molecule has 48 valence electrons. The smallest absolute Gasteiger partial charge is 1.00 e. The summed E-state index contributed by atoms with van der Waals surface area (Å²) < 4.78 is 0. The average molecular weight is 156 g/mol. The first-order valence-corrected chi connectivity index (χ1v) is 2.92. The molecule has 0 rings (SSSR count). The van der Waals surface area contributed by atoms with E-state index in [0.717, 1.165) is 0 Å². The van der Waals surface area contributed by atoms with Crippen molar-refractivity contribution in [3.63, 3.8) is 0 Å². The van der Waals surface area contributed by atoms with Crippen LogP contribution in [0.5, 0.6) is 0 Å². The van der Waals surface area contributed by atoms with E-state index >= 15 is 0 Å². The second-order valence-corrected chi connectivity index (χ2v) is 1.89. The maximum absolute atomic E-state index is 10.3. The van der Waals surface area contributed by atoms with Crippen LogP contribution in [0.25, 0.3) is 0 Å². The van der Waals surface area contributed by atoms with Gasteiger partial charge in [-0.2, -0.15) is 12.6 Å². The van der Waals surface area contributed by atoms with Crippen LogP contribution in [0.4, 0.5) is 0 Å². The molecule has 0 aromatic rings. The first-order chi connectivity index (χ1) is 3.66. The zero-order chi connectivity index (χ0) is 6.57. The summed E-state index contributed by atoms with van der Waals surface area (Å²) >= 11 is 3.69. The van der Waals surface area contributed by atoms with E-state index in [0.29, 0.717) is 0 Å². The predicted molar refractivity (Wildman–Crippen MR) is 35.3 cm³/mol. The van der Waals surface area contributed by atoms with Crippen molar-refractivity contribution in [2.45, 2.75) is 13.3 Å². The number of ketones is 2. The number of carbonyl (C=O) groups is 2. The summed E-state index contributed by atoms with van der Waals surface area (Å²) in [5, 5.41) is 0. The van der Waals surface area contributed by atoms with Crippen LogP contribution in [-0.2, 0) is 9.59 Å². The van der Waals surface area contributed by atoms with Crippen molar-refractivity contribution < 1.29 is 40.6 Å². The number of hydrogen-bond donors (Lipinski definition) is 1. The fraction of sp³-hybridized carbons (Fsp3) is 0.600. The molecule has 0 saturated carbocycles. The summed E-state index contributed by atoms with van der Waals surface area (Å²) in [6.07, 6.45) is 0.0312. The molecule has 0 heterocycles. The zero-order valence-corrected chi connectivity index (χ0v) is 8.57. The third-order valence-electron chi connectivity index (χ3n) is 0.622. The zero-order valence-electron chi connectivity index (χ0n) is 6.68. The first kappa shape index (κ1) is 12.4. The quantitative estimate of drug-likeness (QED) is 0.280. The molecule has 0 saturated heterocycles. The van der Waals surface area contributed by atoms with Crippen LogP contribution in [0, 0.1) is 0 Å². The SMILES string of the molecule is CC(=O)CC(=O)CS.[H-].[Na+]. The van der Waals surface area contributed by atoms with Crippen LogP contribution in [0.1, 0.15) is 14.8 Å². The molecule has 0 aliphatic rings. The van der Waals surface area contributed by atoms with E-state index in [2.05, 4.69) is 12.6 Å². The molecule has 0 radical (unpaired) electrons. The summed E-state index contributed by atoms with van der Waals surface area (Å²) in [5.41, 5.74) is 0. The number of Topliss-reactive ketones (excluding diaryl/α,β-unsaturated/α-hetero) is 2. The third-order valence-corrected chi connectivity index (χ3v) is 0.975. The van der Waals surface area contributed by atoms with Gasteiger partial charge in [0.2, 0.25) is 0 Å². The molecule has 0 aromatic carbocycles. The molecule has 0 aromatic heterocycles. The molecular weight excluding hydrogens is 147 g/mol. The summed E-state index contributed by atoms with van der Waals surface area (Å²) in [7, 11) is 0. The topological polar surface area (TPSA) is 34.1 Å². The van der Waals surface area contributed by atoms with Gasteiger partial charge in [0.1, 0.15) is 11.6 Å². The molecule has 4 heteroatoms. The molecule has 0 aliphatic carbocycles. The minimum absolute atomic E-state index is 0. The summed E-state index contributed by atoms with van der Waals surface area (Å²) in [6, 6.07) is 0. The van der Waals surface area contributed by atoms with E-state index in [1.807, 2.05) is 0 Å². The Morgan fingerprint density at radius 1 is 1.56 bits per heavy atom. The third kappa shape index (κ3) is 8.69. The van der Waals surface area contributed by atoms with E-state index in [9.17, 15) is 9.59 Å². The number of carbonyl (C=O) groups excluding carboxylic acids is 2. The molecule has 0 fully saturated rings. The van der Waals surface area contributed by atoms with Crippen LogP contribution < -0.4 is 29.6 Å². The molecule has 0 unspecified atom stereocenters. The van der Waals surface area contributed by atoms with Gasteiger partial charge in [-0.1, -0.05) is 0 Å². The minimum Gasteiger partial charge on any atom is -1.00 e. The van der Waals surface area contributed by atoms with E-state index in [1.165, 1.54) is 6.92 Å². The number of rotatable bonds is 3. The predicted octanol–water partition coefficient (Wildman–Crippen LogP) is -2.42. The number of hydrogen-bond acceptors (Lipinski definition) is 3. The second kappa shape index (κ2) is 6.81. The standard InChI is InChI=1S/C5H8O2S.Na.H/c1-4(6)2-5(7)3-8;;/h8H,2-3H2,1H3;;/q;+1;-1. The summed E-state index contributed by atoms with van der Waals surface area (Å²) in [5.74, 6) is -0.0376. The fourth-order valence-corrected chi connectivity index (χ4v) is 0.445. The Kier molecular flexibility index (Phi) is 9.36. The first-order valence-electron chi connectivity index (χ1n) is 2.29. The van der Waals surface area contributed by atoms with E-state index in [4.69, 9.17) is 0 Å². The van der Waals surface area contributed by atoms with E-state index in [1.54, 1.807) is 0 Å². The van der Waals surface area contributed by atoms with Gasteiger partial charge >= 0.3 is 29.6 Å². The Morgan fingerprint density at radius 2 is 2.00 bits per heavy atom. The molecule has 0 spiro atoms. The Labute approximate surface area is 83.6 Å². The maximum atomic E-state index is 10.3. The van der Waals surface area contributed by atoms with E-state index in [-0.39, 0.29) is 54.7 Å². The Hall–Kier alpha value is 0.690. The minimum atomic E-state index is -0.110. The largest absolute Gasteiger partial charge is 1.00 e. The summed E-state index contributed by atoms with van der Waals surface area (Å²) in [6.45, 7) is 1.39. The molecular formula is C5H9NaO2S. The molecule has 0 bridgehead atoms. The van der Waals surface area contributed by atoms with Gasteiger partial charge in [0.05, 0.1) is 6.42 Å². The van der Waals surface area contributed by atoms with Gasteiger partial charge in [-0.05, 0) is 6.92 Å². The Bertz CT molecular complexity index is 118. The van der Waals surface area contributed by atoms with Gasteiger partial charge in [0, 0.05) is 5.75 Å². The number of thiol groups is 1. The van der Waals surface area contributed by atoms with Gasteiger partial charge in [0.25, 0.3) is 0 Å². The van der Waals surface area contributed by atoms with Gasteiger partial charge in [-0.15, -0.1) is 0 Å². The van der Waals surface area contributed by atoms with Crippen LogP contribution in [-0.4, -0.2) is 17.3 Å². The van der Waals surface area contributed by atoms with Crippen molar-refractivity contribution in [1.29, 1.82) is 0 Å². The maximum Gasteiger partial charge on any atom is 1.00 e.